The molecule has 0 aromatic carbocycles. The first kappa shape index (κ1) is 15.9. The van der Waals surface area contributed by atoms with E-state index in [-0.39, 0.29) is 5.91 Å². The molecule has 0 aliphatic carbocycles. The molecule has 21 heavy (non-hydrogen) atoms. The Morgan fingerprint density at radius 2 is 2.10 bits per heavy atom. The first-order chi connectivity index (χ1) is 10.2. The van der Waals surface area contributed by atoms with Crippen molar-refractivity contribution in [3.05, 3.63) is 29.6 Å². The summed E-state index contributed by atoms with van der Waals surface area (Å²) in [5, 5.41) is 0. The highest BCUT2D eigenvalue weighted by atomic mass is 16.2. The Hall–Kier alpha value is -1.46. The summed E-state index contributed by atoms with van der Waals surface area (Å²) in [6.45, 7) is 8.18. The van der Waals surface area contributed by atoms with Crippen molar-refractivity contribution in [3.8, 4) is 0 Å². The second-order valence-electron chi connectivity index (χ2n) is 5.69. The van der Waals surface area contributed by atoms with Gasteiger partial charge in [0.2, 0.25) is 0 Å². The van der Waals surface area contributed by atoms with Crippen molar-refractivity contribution in [2.75, 3.05) is 32.7 Å². The van der Waals surface area contributed by atoms with Gasteiger partial charge in [0.25, 0.3) is 5.91 Å². The van der Waals surface area contributed by atoms with Crippen LogP contribution in [0.2, 0.25) is 0 Å². The molecule has 1 fully saturated rings. The van der Waals surface area contributed by atoms with Crippen LogP contribution in [0.25, 0.3) is 0 Å². The predicted molar refractivity (Wildman–Crippen MR) is 84.2 cm³/mol. The summed E-state index contributed by atoms with van der Waals surface area (Å²) in [7, 11) is 0. The van der Waals surface area contributed by atoms with Crippen molar-refractivity contribution < 1.29 is 4.79 Å². The molecular weight excluding hydrogens is 264 g/mol. The summed E-state index contributed by atoms with van der Waals surface area (Å²) in [4.78, 5) is 21.0. The summed E-state index contributed by atoms with van der Waals surface area (Å²) < 4.78 is 0. The highest BCUT2D eigenvalue weighted by Crippen LogP contribution is 2.13. The highest BCUT2D eigenvalue weighted by Gasteiger charge is 2.25. The number of amides is 1. The molecule has 1 unspecified atom stereocenters. The van der Waals surface area contributed by atoms with E-state index in [2.05, 4.69) is 16.8 Å². The average molecular weight is 290 g/mol. The Bertz CT molecular complexity index is 469. The van der Waals surface area contributed by atoms with E-state index in [4.69, 9.17) is 5.73 Å². The van der Waals surface area contributed by atoms with Crippen molar-refractivity contribution in [3.63, 3.8) is 0 Å². The third kappa shape index (κ3) is 4.02. The molecule has 1 aromatic rings. The maximum absolute atomic E-state index is 12.5. The summed E-state index contributed by atoms with van der Waals surface area (Å²) in [5.41, 5.74) is 7.48. The van der Waals surface area contributed by atoms with Gasteiger partial charge in [0.15, 0.2) is 0 Å². The Kier molecular flexibility index (Phi) is 5.70. The van der Waals surface area contributed by atoms with E-state index >= 15 is 0 Å². The molecule has 0 spiro atoms. The zero-order chi connectivity index (χ0) is 15.2. The van der Waals surface area contributed by atoms with Gasteiger partial charge in [-0.2, -0.15) is 0 Å². The molecule has 1 atom stereocenters. The number of nitrogens with zero attached hydrogens (tertiary/aromatic N) is 3. The van der Waals surface area contributed by atoms with Gasteiger partial charge in [0.05, 0.1) is 0 Å². The Labute approximate surface area is 127 Å². The van der Waals surface area contributed by atoms with E-state index in [0.29, 0.717) is 12.6 Å². The lowest BCUT2D eigenvalue weighted by Gasteiger charge is -2.39. The summed E-state index contributed by atoms with van der Waals surface area (Å²) in [5.74, 6) is 0.111. The third-order valence-corrected chi connectivity index (χ3v) is 4.16. The maximum atomic E-state index is 12.5. The van der Waals surface area contributed by atoms with Crippen LogP contribution in [0.3, 0.4) is 0 Å². The molecule has 2 heterocycles. The molecule has 5 nitrogen and oxygen atoms in total. The lowest BCUT2D eigenvalue weighted by Crippen LogP contribution is -2.53. The van der Waals surface area contributed by atoms with Crippen molar-refractivity contribution in [1.29, 1.82) is 0 Å². The molecule has 116 valence electrons. The Morgan fingerprint density at radius 1 is 1.38 bits per heavy atom. The fraction of sp³-hybridized carbons (Fsp3) is 0.625. The molecule has 1 aliphatic heterocycles. The van der Waals surface area contributed by atoms with E-state index in [0.717, 1.165) is 50.3 Å². The topological polar surface area (TPSA) is 62.5 Å². The standard InChI is InChI=1S/C16H26N4O/c1-3-4-15(12-17)19-7-9-20(10-8-19)16(21)14-5-6-18-13(2)11-14/h5-6,11,15H,3-4,7-10,12,17H2,1-2H3. The smallest absolute Gasteiger partial charge is 0.254 e. The van der Waals surface area contributed by atoms with Gasteiger partial charge < -0.3 is 10.6 Å². The molecule has 1 aromatic heterocycles. The van der Waals surface area contributed by atoms with Gasteiger partial charge in [0, 0.05) is 56.2 Å². The second kappa shape index (κ2) is 7.52. The lowest BCUT2D eigenvalue weighted by atomic mass is 10.1. The highest BCUT2D eigenvalue weighted by molar-refractivity contribution is 5.94. The molecular formula is C16H26N4O. The van der Waals surface area contributed by atoms with Gasteiger partial charge in [-0.25, -0.2) is 0 Å². The first-order valence-corrected chi connectivity index (χ1v) is 7.81. The minimum atomic E-state index is 0.111. The monoisotopic (exact) mass is 290 g/mol. The van der Waals surface area contributed by atoms with E-state index in [1.165, 1.54) is 0 Å². The molecule has 1 amide bonds. The number of aromatic nitrogens is 1. The number of rotatable bonds is 5. The molecule has 2 N–H and O–H groups in total. The van der Waals surface area contributed by atoms with Gasteiger partial charge in [0.1, 0.15) is 0 Å². The van der Waals surface area contributed by atoms with E-state index in [1.54, 1.807) is 12.3 Å². The number of nitrogens with two attached hydrogens (primary N) is 1. The quantitative estimate of drug-likeness (QED) is 0.887. The van der Waals surface area contributed by atoms with Crippen LogP contribution in [-0.4, -0.2) is 59.5 Å². The van der Waals surface area contributed by atoms with Gasteiger partial charge in [-0.05, 0) is 25.5 Å². The molecule has 0 bridgehead atoms. The summed E-state index contributed by atoms with van der Waals surface area (Å²) in [6.07, 6.45) is 3.98. The van der Waals surface area contributed by atoms with Crippen LogP contribution in [0, 0.1) is 6.92 Å². The fourth-order valence-electron chi connectivity index (χ4n) is 2.93. The fourth-order valence-corrected chi connectivity index (χ4v) is 2.93. The van der Waals surface area contributed by atoms with Crippen LogP contribution < -0.4 is 5.73 Å². The zero-order valence-electron chi connectivity index (χ0n) is 13.1. The van der Waals surface area contributed by atoms with Gasteiger partial charge >= 0.3 is 0 Å². The van der Waals surface area contributed by atoms with Crippen LogP contribution >= 0.6 is 0 Å². The maximum Gasteiger partial charge on any atom is 0.254 e. The average Bonchev–Trinajstić information content (AvgIpc) is 2.52. The van der Waals surface area contributed by atoms with Crippen LogP contribution in [0.15, 0.2) is 18.3 Å². The SMILES string of the molecule is CCCC(CN)N1CCN(C(=O)c2ccnc(C)c2)CC1. The Morgan fingerprint density at radius 3 is 2.67 bits per heavy atom. The van der Waals surface area contributed by atoms with Gasteiger partial charge in [-0.1, -0.05) is 13.3 Å². The zero-order valence-corrected chi connectivity index (χ0v) is 13.1. The van der Waals surface area contributed by atoms with Crippen LogP contribution in [0.1, 0.15) is 35.8 Å². The number of aryl methyl sites for hydroxylation is 1. The number of carbonyl (C=O) groups is 1. The summed E-state index contributed by atoms with van der Waals surface area (Å²) >= 11 is 0. The van der Waals surface area contributed by atoms with Crippen molar-refractivity contribution in [2.24, 2.45) is 5.73 Å². The van der Waals surface area contributed by atoms with E-state index in [9.17, 15) is 4.79 Å². The van der Waals surface area contributed by atoms with Crippen molar-refractivity contribution >= 4 is 5.91 Å². The first-order valence-electron chi connectivity index (χ1n) is 7.81. The number of hydrogen-bond acceptors (Lipinski definition) is 4. The minimum absolute atomic E-state index is 0.111. The number of carbonyl (C=O) groups excluding carboxylic acids is 1. The number of piperazine rings is 1. The van der Waals surface area contributed by atoms with Crippen molar-refractivity contribution in [1.82, 2.24) is 14.8 Å². The molecule has 1 aliphatic rings. The number of hydrogen-bond donors (Lipinski definition) is 1. The summed E-state index contributed by atoms with van der Waals surface area (Å²) in [6, 6.07) is 4.10. The predicted octanol–water partition coefficient (Wildman–Crippen LogP) is 1.28. The van der Waals surface area contributed by atoms with Gasteiger partial charge in [-0.15, -0.1) is 0 Å². The van der Waals surface area contributed by atoms with Crippen LogP contribution in [-0.2, 0) is 0 Å². The molecule has 2 rings (SSSR count). The minimum Gasteiger partial charge on any atom is -0.336 e. The van der Waals surface area contributed by atoms with E-state index < -0.39 is 0 Å². The second-order valence-corrected chi connectivity index (χ2v) is 5.69. The largest absolute Gasteiger partial charge is 0.336 e. The lowest BCUT2D eigenvalue weighted by molar-refractivity contribution is 0.0566. The normalized spacial score (nSPS) is 17.8. The Balaban J connectivity index is 1.93. The van der Waals surface area contributed by atoms with Crippen molar-refractivity contribution in [2.45, 2.75) is 32.7 Å². The van der Waals surface area contributed by atoms with Crippen LogP contribution in [0.5, 0.6) is 0 Å². The molecule has 0 saturated carbocycles. The molecule has 0 radical (unpaired) electrons. The molecule has 1 saturated heterocycles. The third-order valence-electron chi connectivity index (χ3n) is 4.16. The molecule has 5 heteroatoms. The van der Waals surface area contributed by atoms with E-state index in [1.807, 2.05) is 17.9 Å². The van der Waals surface area contributed by atoms with Gasteiger partial charge in [-0.3, -0.25) is 14.7 Å². The number of pyridine rings is 1. The van der Waals surface area contributed by atoms with Crippen LogP contribution in [0.4, 0.5) is 0 Å².